The maximum Gasteiger partial charge on any atom is 0.236 e. The predicted octanol–water partition coefficient (Wildman–Crippen LogP) is 0.799. The number of hydrogen-bond acceptors (Lipinski definition) is 4. The molecule has 14 heavy (non-hydrogen) atoms. The molecule has 76 valence electrons. The Bertz CT molecular complexity index is 315. The highest BCUT2D eigenvalue weighted by atomic mass is 19.1. The predicted molar refractivity (Wildman–Crippen MR) is 49.9 cm³/mol. The van der Waals surface area contributed by atoms with Crippen LogP contribution in [0.15, 0.2) is 24.3 Å². The molecule has 1 aromatic rings. The van der Waals surface area contributed by atoms with Crippen LogP contribution in [-0.4, -0.2) is 17.6 Å². The lowest BCUT2D eigenvalue weighted by Gasteiger charge is -2.10. The molecule has 0 saturated carbocycles. The van der Waals surface area contributed by atoms with E-state index in [1.54, 1.807) is 0 Å². The number of nitrogens with one attached hydrogen (secondary N) is 1. The molecular formula is C8H10FN3O2. The van der Waals surface area contributed by atoms with Gasteiger partial charge in [-0.05, 0) is 24.3 Å². The highest BCUT2D eigenvalue weighted by Crippen LogP contribution is 2.08. The maximum atomic E-state index is 12.5. The van der Waals surface area contributed by atoms with Crippen molar-refractivity contribution in [3.8, 4) is 0 Å². The zero-order valence-corrected chi connectivity index (χ0v) is 7.31. The third-order valence-corrected chi connectivity index (χ3v) is 1.54. The van der Waals surface area contributed by atoms with Crippen molar-refractivity contribution in [1.29, 1.82) is 0 Å². The van der Waals surface area contributed by atoms with Crippen molar-refractivity contribution in [1.82, 2.24) is 0 Å². The van der Waals surface area contributed by atoms with Crippen LogP contribution in [0.2, 0.25) is 0 Å². The van der Waals surface area contributed by atoms with E-state index in [1.165, 1.54) is 24.3 Å². The van der Waals surface area contributed by atoms with Crippen LogP contribution in [0.1, 0.15) is 0 Å². The van der Waals surface area contributed by atoms with Gasteiger partial charge in [0, 0.05) is 10.6 Å². The van der Waals surface area contributed by atoms with Gasteiger partial charge < -0.3 is 11.1 Å². The van der Waals surface area contributed by atoms with Crippen LogP contribution in [0.5, 0.6) is 0 Å². The third-order valence-electron chi connectivity index (χ3n) is 1.54. The van der Waals surface area contributed by atoms with Crippen LogP contribution in [0.4, 0.5) is 10.1 Å². The van der Waals surface area contributed by atoms with Gasteiger partial charge in [-0.1, -0.05) is 0 Å². The monoisotopic (exact) mass is 199 g/mol. The summed E-state index contributed by atoms with van der Waals surface area (Å²) in [6, 6.07) is 5.44. The first-order valence-electron chi connectivity index (χ1n) is 3.97. The zero-order valence-electron chi connectivity index (χ0n) is 7.31. The molecule has 5 nitrogen and oxygen atoms in total. The minimum absolute atomic E-state index is 0.363. The van der Waals surface area contributed by atoms with E-state index in [2.05, 4.69) is 5.32 Å². The quantitative estimate of drug-likeness (QED) is 0.427. The van der Waals surface area contributed by atoms with Crippen LogP contribution < -0.4 is 11.1 Å². The van der Waals surface area contributed by atoms with Crippen LogP contribution in [-0.2, 0) is 0 Å². The number of rotatable bonds is 4. The first-order chi connectivity index (χ1) is 6.58. The minimum Gasteiger partial charge on any atom is -0.365 e. The van der Waals surface area contributed by atoms with Gasteiger partial charge in [-0.25, -0.2) is 4.39 Å². The Labute approximate surface area is 79.9 Å². The Kier molecular flexibility index (Phi) is 3.35. The molecule has 1 atom stereocenters. The molecule has 1 unspecified atom stereocenters. The molecule has 6 heteroatoms. The Hall–Kier alpha value is -1.69. The summed E-state index contributed by atoms with van der Waals surface area (Å²) in [6.07, 6.45) is -0.768. The first-order valence-corrected chi connectivity index (χ1v) is 3.97. The highest BCUT2D eigenvalue weighted by molar-refractivity contribution is 5.43. The fraction of sp³-hybridized carbons (Fsp3) is 0.250. The molecule has 0 bridgehead atoms. The van der Waals surface area contributed by atoms with Crippen molar-refractivity contribution >= 4 is 5.69 Å². The molecule has 0 aromatic heterocycles. The molecule has 0 aliphatic rings. The fourth-order valence-electron chi connectivity index (χ4n) is 0.966. The molecular weight excluding hydrogens is 189 g/mol. The summed E-state index contributed by atoms with van der Waals surface area (Å²) in [5.74, 6) is -0.363. The topological polar surface area (TPSA) is 81.2 Å². The Balaban J connectivity index is 2.51. The largest absolute Gasteiger partial charge is 0.365 e. The van der Waals surface area contributed by atoms with Gasteiger partial charge in [0.25, 0.3) is 0 Å². The van der Waals surface area contributed by atoms with Gasteiger partial charge in [-0.2, -0.15) is 0 Å². The lowest BCUT2D eigenvalue weighted by molar-refractivity contribution is -0.481. The Morgan fingerprint density at radius 3 is 2.57 bits per heavy atom. The Morgan fingerprint density at radius 2 is 2.07 bits per heavy atom. The molecule has 1 aromatic carbocycles. The van der Waals surface area contributed by atoms with Crippen LogP contribution in [0.25, 0.3) is 0 Å². The minimum atomic E-state index is -0.768. The van der Waals surface area contributed by atoms with E-state index >= 15 is 0 Å². The average molecular weight is 199 g/mol. The molecule has 0 heterocycles. The van der Waals surface area contributed by atoms with Gasteiger partial charge in [0.2, 0.25) is 6.54 Å². The molecule has 0 fully saturated rings. The Morgan fingerprint density at radius 1 is 1.50 bits per heavy atom. The van der Waals surface area contributed by atoms with Crippen LogP contribution in [0, 0.1) is 15.9 Å². The van der Waals surface area contributed by atoms with Crippen molar-refractivity contribution in [2.75, 3.05) is 11.9 Å². The fourth-order valence-corrected chi connectivity index (χ4v) is 0.966. The van der Waals surface area contributed by atoms with E-state index in [4.69, 9.17) is 5.73 Å². The SMILES string of the molecule is NC(C[N+](=O)[O-])Nc1ccc(F)cc1. The summed E-state index contributed by atoms with van der Waals surface area (Å²) in [5.41, 5.74) is 5.95. The number of nitrogens with two attached hydrogens (primary N) is 1. The second-order valence-corrected chi connectivity index (χ2v) is 2.77. The lowest BCUT2D eigenvalue weighted by atomic mass is 10.3. The number of benzene rings is 1. The maximum absolute atomic E-state index is 12.5. The molecule has 0 saturated heterocycles. The van der Waals surface area contributed by atoms with E-state index < -0.39 is 11.1 Å². The van der Waals surface area contributed by atoms with E-state index in [-0.39, 0.29) is 12.4 Å². The molecule has 0 spiro atoms. The van der Waals surface area contributed by atoms with Gasteiger partial charge in [0.15, 0.2) is 0 Å². The first kappa shape index (κ1) is 10.4. The van der Waals surface area contributed by atoms with E-state index in [0.717, 1.165) is 0 Å². The zero-order chi connectivity index (χ0) is 10.6. The third kappa shape index (κ3) is 3.36. The average Bonchev–Trinajstić information content (AvgIpc) is 2.07. The van der Waals surface area contributed by atoms with Crippen LogP contribution in [0.3, 0.4) is 0 Å². The summed E-state index contributed by atoms with van der Waals surface area (Å²) < 4.78 is 12.5. The van der Waals surface area contributed by atoms with Crippen molar-refractivity contribution < 1.29 is 9.31 Å². The van der Waals surface area contributed by atoms with Gasteiger partial charge in [0.1, 0.15) is 12.0 Å². The summed E-state index contributed by atoms with van der Waals surface area (Å²) in [4.78, 5) is 9.57. The highest BCUT2D eigenvalue weighted by Gasteiger charge is 2.08. The van der Waals surface area contributed by atoms with Gasteiger partial charge in [-0.3, -0.25) is 10.1 Å². The van der Waals surface area contributed by atoms with Crippen LogP contribution >= 0.6 is 0 Å². The number of anilines is 1. The summed E-state index contributed by atoms with van der Waals surface area (Å²) in [7, 11) is 0. The standard InChI is InChI=1S/C8H10FN3O2/c9-6-1-3-7(4-2-6)11-8(10)5-12(13)14/h1-4,8,11H,5,10H2. The number of nitro groups is 1. The van der Waals surface area contributed by atoms with Crippen molar-refractivity contribution in [2.24, 2.45) is 5.73 Å². The lowest BCUT2D eigenvalue weighted by Crippen LogP contribution is -2.36. The second kappa shape index (κ2) is 4.52. The number of nitrogens with zero attached hydrogens (tertiary/aromatic N) is 1. The summed E-state index contributed by atoms with van der Waals surface area (Å²) in [5, 5.41) is 12.7. The van der Waals surface area contributed by atoms with Crippen molar-refractivity contribution in [3.63, 3.8) is 0 Å². The molecule has 3 N–H and O–H groups in total. The van der Waals surface area contributed by atoms with Gasteiger partial charge in [-0.15, -0.1) is 0 Å². The molecule has 0 amide bonds. The number of halogens is 1. The van der Waals surface area contributed by atoms with E-state index in [0.29, 0.717) is 5.69 Å². The molecule has 1 rings (SSSR count). The van der Waals surface area contributed by atoms with E-state index in [9.17, 15) is 14.5 Å². The molecule has 0 aliphatic heterocycles. The summed E-state index contributed by atoms with van der Waals surface area (Å²) >= 11 is 0. The second-order valence-electron chi connectivity index (χ2n) is 2.77. The normalized spacial score (nSPS) is 12.1. The van der Waals surface area contributed by atoms with E-state index in [1.807, 2.05) is 0 Å². The molecule has 0 radical (unpaired) electrons. The smallest absolute Gasteiger partial charge is 0.236 e. The summed E-state index contributed by atoms with van der Waals surface area (Å²) in [6.45, 7) is -0.378. The van der Waals surface area contributed by atoms with Crippen molar-refractivity contribution in [2.45, 2.75) is 6.17 Å². The molecule has 0 aliphatic carbocycles. The van der Waals surface area contributed by atoms with Gasteiger partial charge in [0.05, 0.1) is 0 Å². The number of hydrogen-bond donors (Lipinski definition) is 2. The van der Waals surface area contributed by atoms with Gasteiger partial charge >= 0.3 is 0 Å². The van der Waals surface area contributed by atoms with Crippen molar-refractivity contribution in [3.05, 3.63) is 40.2 Å².